The van der Waals surface area contributed by atoms with Gasteiger partial charge >= 0.3 is 5.97 Å². The quantitative estimate of drug-likeness (QED) is 0.335. The average molecular weight is 503 g/mol. The number of esters is 1. The van der Waals surface area contributed by atoms with Crippen LogP contribution in [-0.4, -0.2) is 53.5 Å². The maximum Gasteiger partial charge on any atom is 0.340 e. The number of hydrogen-bond acceptors (Lipinski definition) is 6. The van der Waals surface area contributed by atoms with Gasteiger partial charge in [-0.1, -0.05) is 0 Å². The lowest BCUT2D eigenvalue weighted by molar-refractivity contribution is 0.0340. The minimum Gasteiger partial charge on any atom is -0.508 e. The Bertz CT molecular complexity index is 1250. The van der Waals surface area contributed by atoms with E-state index in [1.165, 1.54) is 23.9 Å². The highest BCUT2D eigenvalue weighted by molar-refractivity contribution is 7.98. The van der Waals surface area contributed by atoms with Crippen molar-refractivity contribution in [2.24, 2.45) is 0 Å². The summed E-state index contributed by atoms with van der Waals surface area (Å²) in [5, 5.41) is 11.6. The summed E-state index contributed by atoms with van der Waals surface area (Å²) in [6, 6.07) is 7.62. The number of morpholine rings is 1. The van der Waals surface area contributed by atoms with E-state index in [4.69, 9.17) is 9.47 Å². The molecule has 0 spiro atoms. The summed E-state index contributed by atoms with van der Waals surface area (Å²) in [5.41, 5.74) is 2.82. The normalized spacial score (nSPS) is 16.7. The fraction of sp³-hybridized carbons (Fsp3) is 0.423. The van der Waals surface area contributed by atoms with Crippen LogP contribution in [-0.2, 0) is 21.8 Å². The summed E-state index contributed by atoms with van der Waals surface area (Å²) in [6.07, 6.45) is 1.99. The van der Waals surface area contributed by atoms with E-state index in [2.05, 4.69) is 9.47 Å². The number of fused-ring (bicyclic) bond motifs is 1. The number of nitrogens with zero attached hydrogens (tertiary/aromatic N) is 2. The van der Waals surface area contributed by atoms with Crippen molar-refractivity contribution in [1.82, 2.24) is 9.47 Å². The third-order valence-corrected chi connectivity index (χ3v) is 7.50. The van der Waals surface area contributed by atoms with Crippen LogP contribution in [0.25, 0.3) is 10.9 Å². The van der Waals surface area contributed by atoms with Crippen LogP contribution in [0.15, 0.2) is 35.2 Å². The van der Waals surface area contributed by atoms with Crippen molar-refractivity contribution in [3.63, 3.8) is 0 Å². The van der Waals surface area contributed by atoms with E-state index >= 15 is 0 Å². The molecular formula is C26H28F2N2O4S. The molecule has 0 radical (unpaired) electrons. The summed E-state index contributed by atoms with van der Waals surface area (Å²) in [7, 11) is 0. The minimum atomic E-state index is -0.902. The highest BCUT2D eigenvalue weighted by Gasteiger charge is 2.34. The number of ether oxygens (including phenoxy) is 2. The van der Waals surface area contributed by atoms with Gasteiger partial charge in [0.05, 0.1) is 25.4 Å². The average Bonchev–Trinajstić information content (AvgIpc) is 3.63. The molecule has 1 aromatic heterocycles. The lowest BCUT2D eigenvalue weighted by atomic mass is 10.0. The molecule has 186 valence electrons. The van der Waals surface area contributed by atoms with Crippen LogP contribution in [0.5, 0.6) is 5.75 Å². The van der Waals surface area contributed by atoms with E-state index < -0.39 is 17.6 Å². The molecule has 0 unspecified atom stereocenters. The fourth-order valence-corrected chi connectivity index (χ4v) is 5.63. The van der Waals surface area contributed by atoms with Gasteiger partial charge in [-0.3, -0.25) is 4.90 Å². The highest BCUT2D eigenvalue weighted by atomic mass is 32.2. The van der Waals surface area contributed by atoms with Crippen molar-refractivity contribution in [2.45, 2.75) is 43.0 Å². The van der Waals surface area contributed by atoms with E-state index in [0.29, 0.717) is 46.9 Å². The smallest absolute Gasteiger partial charge is 0.340 e. The molecule has 1 N–H and O–H groups in total. The van der Waals surface area contributed by atoms with Gasteiger partial charge in [-0.2, -0.15) is 0 Å². The van der Waals surface area contributed by atoms with Crippen molar-refractivity contribution < 1.29 is 28.2 Å². The van der Waals surface area contributed by atoms with E-state index in [-0.39, 0.29) is 18.4 Å². The van der Waals surface area contributed by atoms with Crippen LogP contribution in [0.2, 0.25) is 0 Å². The second-order valence-electron chi connectivity index (χ2n) is 8.85. The second kappa shape index (κ2) is 10.2. The van der Waals surface area contributed by atoms with Crippen molar-refractivity contribution in [3.8, 4) is 5.75 Å². The number of phenolic OH excluding ortho intramolecular Hbond substituents is 1. The van der Waals surface area contributed by atoms with Gasteiger partial charge in [0.2, 0.25) is 0 Å². The summed E-state index contributed by atoms with van der Waals surface area (Å²) >= 11 is 1.34. The van der Waals surface area contributed by atoms with Crippen LogP contribution in [0.4, 0.5) is 8.78 Å². The molecule has 0 amide bonds. The first-order valence-corrected chi connectivity index (χ1v) is 12.9. The zero-order valence-electron chi connectivity index (χ0n) is 19.6. The molecule has 3 aromatic rings. The SMILES string of the molecule is CCOC(=O)c1c(CSc2ccc(F)c(F)c2)n(C2CC2)c2ccc(O)c(CN3CCOCC3)c12. The third kappa shape index (κ3) is 4.90. The van der Waals surface area contributed by atoms with Gasteiger partial charge in [-0.25, -0.2) is 13.6 Å². The van der Waals surface area contributed by atoms with Gasteiger partial charge in [-0.15, -0.1) is 11.8 Å². The van der Waals surface area contributed by atoms with E-state index in [1.54, 1.807) is 13.0 Å². The Kier molecular flexibility index (Phi) is 7.00. The van der Waals surface area contributed by atoms with E-state index in [1.807, 2.05) is 6.07 Å². The Hall–Kier alpha value is -2.62. The predicted octanol–water partition coefficient (Wildman–Crippen LogP) is 5.26. The van der Waals surface area contributed by atoms with Gasteiger partial charge in [0.15, 0.2) is 11.6 Å². The number of aromatic nitrogens is 1. The van der Waals surface area contributed by atoms with Crippen molar-refractivity contribution >= 4 is 28.6 Å². The third-order valence-electron chi connectivity index (χ3n) is 6.50. The summed E-state index contributed by atoms with van der Waals surface area (Å²) in [4.78, 5) is 16.1. The number of thioether (sulfide) groups is 1. The van der Waals surface area contributed by atoms with Crippen LogP contribution in [0, 0.1) is 11.6 Å². The lowest BCUT2D eigenvalue weighted by Crippen LogP contribution is -2.35. The molecule has 2 aromatic carbocycles. The molecular weight excluding hydrogens is 474 g/mol. The first-order chi connectivity index (χ1) is 17.0. The van der Waals surface area contributed by atoms with E-state index in [0.717, 1.165) is 43.2 Å². The Morgan fingerprint density at radius 1 is 1.17 bits per heavy atom. The molecule has 2 heterocycles. The number of halogens is 2. The van der Waals surface area contributed by atoms with Crippen molar-refractivity contribution in [3.05, 3.63) is 58.8 Å². The number of aromatic hydroxyl groups is 1. The van der Waals surface area contributed by atoms with Gasteiger partial charge < -0.3 is 19.1 Å². The highest BCUT2D eigenvalue weighted by Crippen LogP contribution is 2.45. The number of carbonyl (C=O) groups excluding carboxylic acids is 1. The fourth-order valence-electron chi connectivity index (χ4n) is 4.69. The minimum absolute atomic E-state index is 0.141. The molecule has 1 aliphatic carbocycles. The lowest BCUT2D eigenvalue weighted by Gasteiger charge is -2.27. The van der Waals surface area contributed by atoms with Crippen LogP contribution < -0.4 is 0 Å². The number of carbonyl (C=O) groups is 1. The molecule has 0 atom stereocenters. The van der Waals surface area contributed by atoms with Gasteiger partial charge in [-0.05, 0) is 50.1 Å². The number of hydrogen-bond donors (Lipinski definition) is 1. The molecule has 9 heteroatoms. The Labute approximate surface area is 206 Å². The first-order valence-electron chi connectivity index (χ1n) is 11.9. The van der Waals surface area contributed by atoms with Gasteiger partial charge in [0.25, 0.3) is 0 Å². The van der Waals surface area contributed by atoms with Crippen molar-refractivity contribution in [1.29, 1.82) is 0 Å². The standard InChI is InChI=1S/C26H28F2N2O4S/c1-2-34-26(32)25-22(15-35-17-5-6-19(27)20(28)13-17)30(16-3-4-16)21-7-8-23(31)18(24(21)25)14-29-9-11-33-12-10-29/h5-8,13,16,31H,2-4,9-12,14-15H2,1H3. The summed E-state index contributed by atoms with van der Waals surface area (Å²) in [5.74, 6) is -1.71. The zero-order valence-corrected chi connectivity index (χ0v) is 20.4. The van der Waals surface area contributed by atoms with Gasteiger partial charge in [0, 0.05) is 58.5 Å². The number of phenols is 1. The zero-order chi connectivity index (χ0) is 24.5. The monoisotopic (exact) mass is 502 g/mol. The summed E-state index contributed by atoms with van der Waals surface area (Å²) < 4.78 is 40.4. The largest absolute Gasteiger partial charge is 0.508 e. The molecule has 1 aliphatic heterocycles. The molecule has 2 fully saturated rings. The molecule has 35 heavy (non-hydrogen) atoms. The predicted molar refractivity (Wildman–Crippen MR) is 130 cm³/mol. The van der Waals surface area contributed by atoms with Gasteiger partial charge in [0.1, 0.15) is 5.75 Å². The van der Waals surface area contributed by atoms with Crippen LogP contribution in [0.3, 0.4) is 0 Å². The Morgan fingerprint density at radius 2 is 1.94 bits per heavy atom. The molecule has 6 nitrogen and oxygen atoms in total. The van der Waals surface area contributed by atoms with E-state index in [9.17, 15) is 18.7 Å². The summed E-state index contributed by atoms with van der Waals surface area (Å²) in [6.45, 7) is 5.21. The molecule has 2 aliphatic rings. The maximum absolute atomic E-state index is 13.8. The number of rotatable bonds is 8. The van der Waals surface area contributed by atoms with Crippen molar-refractivity contribution in [2.75, 3.05) is 32.9 Å². The van der Waals surface area contributed by atoms with Crippen LogP contribution in [0.1, 0.15) is 47.4 Å². The maximum atomic E-state index is 13.8. The number of benzene rings is 2. The molecule has 1 saturated heterocycles. The first kappa shape index (κ1) is 24.1. The Morgan fingerprint density at radius 3 is 2.63 bits per heavy atom. The molecule has 0 bridgehead atoms. The molecule has 5 rings (SSSR count). The van der Waals surface area contributed by atoms with Crippen LogP contribution >= 0.6 is 11.8 Å². The second-order valence-corrected chi connectivity index (χ2v) is 9.90. The Balaban J connectivity index is 1.63. The topological polar surface area (TPSA) is 63.9 Å². The molecule has 1 saturated carbocycles.